The number of aryl methyl sites for hydroxylation is 2. The van der Waals surface area contributed by atoms with Gasteiger partial charge in [-0.25, -0.2) is 14.2 Å². The standard InChI is InChI=1S/C27H26F3N5O3/c1-17-12-18(2)31-13-21(17)14-32-24-33-25(36)35(16-19-4-8-22(9-5-19)27(28,29)30)26(37)34(24)15-20-6-10-23(38-3)11-7-20/h4-13H,14-16H2,1-3H3,(H,32,33,36). The van der Waals surface area contributed by atoms with Crippen molar-refractivity contribution in [2.24, 2.45) is 0 Å². The Balaban J connectivity index is 1.70. The van der Waals surface area contributed by atoms with Gasteiger partial charge in [-0.05, 0) is 66.4 Å². The summed E-state index contributed by atoms with van der Waals surface area (Å²) in [4.78, 5) is 34.8. The third kappa shape index (κ3) is 6.10. The van der Waals surface area contributed by atoms with Crippen molar-refractivity contribution in [2.75, 3.05) is 12.4 Å². The van der Waals surface area contributed by atoms with Crippen LogP contribution in [0.3, 0.4) is 0 Å². The molecule has 0 unspecified atom stereocenters. The van der Waals surface area contributed by atoms with E-state index in [2.05, 4.69) is 15.3 Å². The van der Waals surface area contributed by atoms with E-state index in [9.17, 15) is 22.8 Å². The smallest absolute Gasteiger partial charge is 0.416 e. The summed E-state index contributed by atoms with van der Waals surface area (Å²) in [5.74, 6) is 0.714. The van der Waals surface area contributed by atoms with Crippen LogP contribution in [0.4, 0.5) is 19.1 Å². The van der Waals surface area contributed by atoms with Gasteiger partial charge < -0.3 is 10.1 Å². The number of methoxy groups -OCH3 is 1. The van der Waals surface area contributed by atoms with Crippen LogP contribution in [0.5, 0.6) is 5.75 Å². The molecule has 11 heteroatoms. The van der Waals surface area contributed by atoms with Crippen LogP contribution in [0.15, 0.2) is 70.4 Å². The zero-order chi connectivity index (χ0) is 27.4. The van der Waals surface area contributed by atoms with Gasteiger partial charge in [-0.15, -0.1) is 0 Å². The van der Waals surface area contributed by atoms with Crippen molar-refractivity contribution < 1.29 is 17.9 Å². The van der Waals surface area contributed by atoms with Gasteiger partial charge in [0, 0.05) is 18.4 Å². The second-order valence-corrected chi connectivity index (χ2v) is 8.82. The summed E-state index contributed by atoms with van der Waals surface area (Å²) in [7, 11) is 1.55. The molecule has 0 saturated carbocycles. The number of hydrogen-bond acceptors (Lipinski definition) is 6. The van der Waals surface area contributed by atoms with Crippen LogP contribution in [-0.4, -0.2) is 26.2 Å². The van der Waals surface area contributed by atoms with Crippen molar-refractivity contribution in [1.82, 2.24) is 19.1 Å². The van der Waals surface area contributed by atoms with Crippen LogP contribution < -0.4 is 21.4 Å². The molecule has 0 bridgehead atoms. The van der Waals surface area contributed by atoms with Gasteiger partial charge in [-0.1, -0.05) is 24.3 Å². The quantitative estimate of drug-likeness (QED) is 0.372. The lowest BCUT2D eigenvalue weighted by Crippen LogP contribution is -2.43. The molecule has 2 aromatic carbocycles. The number of halogens is 3. The Morgan fingerprint density at radius 1 is 0.921 bits per heavy atom. The normalized spacial score (nSPS) is 11.4. The summed E-state index contributed by atoms with van der Waals surface area (Å²) in [6, 6.07) is 13.3. The van der Waals surface area contributed by atoms with Crippen molar-refractivity contribution >= 4 is 5.95 Å². The topological polar surface area (TPSA) is 91.0 Å². The fourth-order valence-electron chi connectivity index (χ4n) is 3.92. The van der Waals surface area contributed by atoms with Gasteiger partial charge in [-0.3, -0.25) is 9.55 Å². The Morgan fingerprint density at radius 3 is 2.11 bits per heavy atom. The van der Waals surface area contributed by atoms with E-state index in [0.717, 1.165) is 39.1 Å². The molecule has 0 amide bonds. The minimum atomic E-state index is -4.49. The first-order valence-corrected chi connectivity index (χ1v) is 11.7. The van der Waals surface area contributed by atoms with Gasteiger partial charge in [0.25, 0.3) is 0 Å². The van der Waals surface area contributed by atoms with Gasteiger partial charge in [0.1, 0.15) is 5.75 Å². The molecule has 0 atom stereocenters. The van der Waals surface area contributed by atoms with E-state index in [1.165, 1.54) is 16.7 Å². The number of aromatic nitrogens is 4. The van der Waals surface area contributed by atoms with Crippen molar-refractivity contribution in [3.63, 3.8) is 0 Å². The number of anilines is 1. The molecule has 8 nitrogen and oxygen atoms in total. The minimum Gasteiger partial charge on any atom is -0.497 e. The zero-order valence-electron chi connectivity index (χ0n) is 21.0. The molecule has 0 radical (unpaired) electrons. The van der Waals surface area contributed by atoms with Crippen LogP contribution >= 0.6 is 0 Å². The van der Waals surface area contributed by atoms with Gasteiger partial charge in [0.05, 0.1) is 25.8 Å². The van der Waals surface area contributed by atoms with E-state index in [4.69, 9.17) is 4.74 Å². The average Bonchev–Trinajstić information content (AvgIpc) is 2.88. The van der Waals surface area contributed by atoms with E-state index in [-0.39, 0.29) is 25.6 Å². The summed E-state index contributed by atoms with van der Waals surface area (Å²) < 4.78 is 46.2. The average molecular weight is 526 g/mol. The first-order chi connectivity index (χ1) is 18.0. The Bertz CT molecular complexity index is 1540. The lowest BCUT2D eigenvalue weighted by Gasteiger charge is -2.17. The molecule has 0 aliphatic heterocycles. The zero-order valence-corrected chi connectivity index (χ0v) is 21.0. The van der Waals surface area contributed by atoms with Gasteiger partial charge in [0.2, 0.25) is 5.95 Å². The van der Waals surface area contributed by atoms with Gasteiger partial charge >= 0.3 is 17.6 Å². The number of nitrogens with zero attached hydrogens (tertiary/aromatic N) is 4. The Hall–Kier alpha value is -4.41. The molecule has 1 N–H and O–H groups in total. The molecule has 0 aliphatic carbocycles. The highest BCUT2D eigenvalue weighted by atomic mass is 19.4. The Labute approximate surface area is 216 Å². The number of benzene rings is 2. The molecule has 4 aromatic rings. The van der Waals surface area contributed by atoms with Crippen molar-refractivity contribution in [3.8, 4) is 5.75 Å². The SMILES string of the molecule is COc1ccc(Cn2c(NCc3cnc(C)cc3C)nc(=O)n(Cc3ccc(C(F)(F)F)cc3)c2=O)cc1. The summed E-state index contributed by atoms with van der Waals surface area (Å²) in [6.45, 7) is 3.96. The summed E-state index contributed by atoms with van der Waals surface area (Å²) in [6.07, 6.45) is -2.77. The van der Waals surface area contributed by atoms with Crippen LogP contribution in [-0.2, 0) is 25.8 Å². The van der Waals surface area contributed by atoms with E-state index in [0.29, 0.717) is 11.3 Å². The molecule has 2 heterocycles. The number of alkyl halides is 3. The fraction of sp³-hybridized carbons (Fsp3) is 0.259. The molecule has 0 saturated heterocycles. The van der Waals surface area contributed by atoms with Crippen molar-refractivity contribution in [2.45, 2.75) is 39.7 Å². The molecule has 4 rings (SSSR count). The minimum absolute atomic E-state index is 0.0689. The molecular weight excluding hydrogens is 499 g/mol. The number of nitrogens with one attached hydrogen (secondary N) is 1. The Morgan fingerprint density at radius 2 is 1.53 bits per heavy atom. The summed E-state index contributed by atoms with van der Waals surface area (Å²) in [5, 5.41) is 3.08. The number of pyridine rings is 1. The first-order valence-electron chi connectivity index (χ1n) is 11.7. The number of rotatable bonds is 8. The lowest BCUT2D eigenvalue weighted by molar-refractivity contribution is -0.137. The number of hydrogen-bond donors (Lipinski definition) is 1. The third-order valence-electron chi connectivity index (χ3n) is 6.06. The summed E-state index contributed by atoms with van der Waals surface area (Å²) >= 11 is 0. The van der Waals surface area contributed by atoms with Gasteiger partial charge in [0.15, 0.2) is 0 Å². The predicted molar refractivity (Wildman–Crippen MR) is 136 cm³/mol. The van der Waals surface area contributed by atoms with Gasteiger partial charge in [-0.2, -0.15) is 18.2 Å². The van der Waals surface area contributed by atoms with E-state index in [1.807, 2.05) is 19.9 Å². The molecule has 38 heavy (non-hydrogen) atoms. The van der Waals surface area contributed by atoms with E-state index in [1.54, 1.807) is 37.6 Å². The molecular formula is C27H26F3N5O3. The maximum atomic E-state index is 13.5. The van der Waals surface area contributed by atoms with Crippen LogP contribution in [0.1, 0.15) is 33.5 Å². The monoisotopic (exact) mass is 525 g/mol. The predicted octanol–water partition coefficient (Wildman–Crippen LogP) is 4.15. The van der Waals surface area contributed by atoms with Crippen LogP contribution in [0, 0.1) is 13.8 Å². The van der Waals surface area contributed by atoms with Crippen molar-refractivity contribution in [1.29, 1.82) is 0 Å². The van der Waals surface area contributed by atoms with Crippen LogP contribution in [0.2, 0.25) is 0 Å². The van der Waals surface area contributed by atoms with E-state index < -0.39 is 23.1 Å². The number of ether oxygens (including phenoxy) is 1. The van der Waals surface area contributed by atoms with Crippen molar-refractivity contribution in [3.05, 3.63) is 115 Å². The maximum Gasteiger partial charge on any atom is 0.416 e. The molecule has 198 valence electrons. The third-order valence-corrected chi connectivity index (χ3v) is 6.06. The second kappa shape index (κ2) is 10.9. The maximum absolute atomic E-state index is 13.5. The Kier molecular flexibility index (Phi) is 7.65. The molecule has 0 spiro atoms. The fourth-order valence-corrected chi connectivity index (χ4v) is 3.92. The highest BCUT2D eigenvalue weighted by molar-refractivity contribution is 5.33. The van der Waals surface area contributed by atoms with E-state index >= 15 is 0 Å². The summed E-state index contributed by atoms with van der Waals surface area (Å²) in [5.41, 5.74) is 1.56. The molecule has 2 aromatic heterocycles. The highest BCUT2D eigenvalue weighted by Crippen LogP contribution is 2.29. The molecule has 0 fully saturated rings. The van der Waals surface area contributed by atoms with Crippen LogP contribution in [0.25, 0.3) is 0 Å². The second-order valence-electron chi connectivity index (χ2n) is 8.82. The first kappa shape index (κ1) is 26.6. The molecule has 0 aliphatic rings. The lowest BCUT2D eigenvalue weighted by atomic mass is 10.1. The largest absolute Gasteiger partial charge is 0.497 e. The highest BCUT2D eigenvalue weighted by Gasteiger charge is 2.30.